The lowest BCUT2D eigenvalue weighted by Gasteiger charge is -2.62. The van der Waals surface area contributed by atoms with Crippen molar-refractivity contribution in [1.29, 1.82) is 0 Å². The van der Waals surface area contributed by atoms with Gasteiger partial charge in [0.25, 0.3) is 0 Å². The number of amides is 1. The molecule has 16 nitrogen and oxygen atoms in total. The van der Waals surface area contributed by atoms with Crippen LogP contribution < -0.4 is 5.32 Å². The van der Waals surface area contributed by atoms with E-state index < -0.39 is 107 Å². The molecule has 16 heteroatoms. The molecule has 0 bridgehead atoms. The van der Waals surface area contributed by atoms with E-state index in [0.29, 0.717) is 18.5 Å². The van der Waals surface area contributed by atoms with Crippen LogP contribution >= 0.6 is 0 Å². The van der Waals surface area contributed by atoms with Crippen LogP contribution in [-0.2, 0) is 38.1 Å². The van der Waals surface area contributed by atoms with Gasteiger partial charge in [-0.3, -0.25) is 9.59 Å². The summed E-state index contributed by atoms with van der Waals surface area (Å²) in [6.45, 7) is 12.6. The molecule has 65 heavy (non-hydrogen) atoms. The van der Waals surface area contributed by atoms with Crippen molar-refractivity contribution in [1.82, 2.24) is 10.2 Å². The van der Waals surface area contributed by atoms with Gasteiger partial charge in [-0.2, -0.15) is 0 Å². The van der Waals surface area contributed by atoms with Crippen LogP contribution in [0.1, 0.15) is 115 Å². The van der Waals surface area contributed by atoms with E-state index in [1.165, 1.54) is 39.8 Å². The Kier molecular flexibility index (Phi) is 15.3. The number of nitrogens with zero attached hydrogens (tertiary/aromatic N) is 1. The van der Waals surface area contributed by atoms with Crippen molar-refractivity contribution >= 4 is 29.8 Å². The molecule has 6 rings (SSSR count). The Labute approximate surface area is 380 Å². The van der Waals surface area contributed by atoms with Gasteiger partial charge in [-0.25, -0.2) is 14.4 Å². The van der Waals surface area contributed by atoms with E-state index in [1.807, 2.05) is 0 Å². The number of ketones is 1. The molecule has 2 aliphatic carbocycles. The lowest BCUT2D eigenvalue weighted by Crippen LogP contribution is -2.76. The first-order valence-corrected chi connectivity index (χ1v) is 22.6. The van der Waals surface area contributed by atoms with Crippen LogP contribution in [0.5, 0.6) is 0 Å². The fraction of sp³-hybridized carbons (Fsp3) is 0.612. The maximum absolute atomic E-state index is 15.1. The first-order valence-electron chi connectivity index (χ1n) is 22.6. The smallest absolute Gasteiger partial charge is 0.408 e. The van der Waals surface area contributed by atoms with Crippen LogP contribution in [-0.4, -0.2) is 135 Å². The summed E-state index contributed by atoms with van der Waals surface area (Å²) in [5.41, 5.74) is -6.63. The minimum atomic E-state index is -2.12. The number of esters is 3. The number of hydrogen-bond acceptors (Lipinski definition) is 15. The molecule has 10 atom stereocenters. The summed E-state index contributed by atoms with van der Waals surface area (Å²) in [5, 5.41) is 50.7. The largest absolute Gasteiger partial charge is 0.458 e. The molecule has 4 aliphatic rings. The van der Waals surface area contributed by atoms with Gasteiger partial charge in [-0.1, -0.05) is 55.0 Å². The zero-order chi connectivity index (χ0) is 47.5. The number of aliphatic hydroxyl groups is 4. The second-order valence-corrected chi connectivity index (χ2v) is 19.6. The zero-order valence-corrected chi connectivity index (χ0v) is 38.5. The maximum Gasteiger partial charge on any atom is 0.408 e. The fourth-order valence-corrected chi connectivity index (χ4v) is 10.0. The molecular formula is C49H66N2O14. The molecule has 3 fully saturated rings. The van der Waals surface area contributed by atoms with Crippen molar-refractivity contribution in [2.45, 2.75) is 153 Å². The molecule has 0 spiro atoms. The van der Waals surface area contributed by atoms with E-state index in [-0.39, 0.29) is 36.2 Å². The van der Waals surface area contributed by atoms with E-state index in [9.17, 15) is 39.6 Å². The number of alkyl carbamates (subject to hydrolysis) is 1. The third-order valence-corrected chi connectivity index (χ3v) is 13.3. The Bertz CT molecular complexity index is 2060. The SMILES string of the molecule is C/C1=C(/C(C)(C)O)[C@@H](O)C(=O)[C@@]2(C)C([C@H](OC(=O)c3ccccc3)C[C@@H]1OC(=O)[C@H](OC(=O)CCCN1CCCCC1)[C@@H](NC(=O)OC(C)(C)C)c1ccccc1)[C@]1(O)CO[C@@H]1C[C@@H]2O. The molecule has 2 aliphatic heterocycles. The van der Waals surface area contributed by atoms with Crippen LogP contribution in [0.25, 0.3) is 0 Å². The monoisotopic (exact) mass is 906 g/mol. The molecule has 1 saturated carbocycles. The predicted octanol–water partition coefficient (Wildman–Crippen LogP) is 4.51. The van der Waals surface area contributed by atoms with E-state index >= 15 is 4.79 Å². The average Bonchev–Trinajstić information content (AvgIpc) is 3.26. The predicted molar refractivity (Wildman–Crippen MR) is 235 cm³/mol. The van der Waals surface area contributed by atoms with Gasteiger partial charge in [0.2, 0.25) is 6.10 Å². The van der Waals surface area contributed by atoms with Crippen molar-refractivity contribution in [3.63, 3.8) is 0 Å². The van der Waals surface area contributed by atoms with Gasteiger partial charge >= 0.3 is 24.0 Å². The average molecular weight is 907 g/mol. The summed E-state index contributed by atoms with van der Waals surface area (Å²) >= 11 is 0. The molecule has 1 unspecified atom stereocenters. The van der Waals surface area contributed by atoms with Gasteiger partial charge in [0, 0.05) is 25.2 Å². The molecule has 2 aromatic rings. The Balaban J connectivity index is 1.45. The number of rotatable bonds is 13. The van der Waals surface area contributed by atoms with Crippen molar-refractivity contribution in [2.75, 3.05) is 26.2 Å². The molecule has 356 valence electrons. The van der Waals surface area contributed by atoms with Crippen LogP contribution in [0.4, 0.5) is 4.79 Å². The topological polar surface area (TPSA) is 228 Å². The lowest BCUT2D eigenvalue weighted by atomic mass is 9.52. The van der Waals surface area contributed by atoms with Crippen molar-refractivity contribution < 1.29 is 68.1 Å². The number of carbonyl (C=O) groups excluding carboxylic acids is 5. The number of ether oxygens (including phenoxy) is 5. The summed E-state index contributed by atoms with van der Waals surface area (Å²) < 4.78 is 29.9. The zero-order valence-electron chi connectivity index (χ0n) is 38.5. The van der Waals surface area contributed by atoms with Crippen molar-refractivity contribution in [2.24, 2.45) is 11.3 Å². The Hall–Kier alpha value is -4.71. The molecule has 2 saturated heterocycles. The van der Waals surface area contributed by atoms with E-state index in [1.54, 1.807) is 69.3 Å². The number of aliphatic hydroxyl groups excluding tert-OH is 2. The molecular weight excluding hydrogens is 841 g/mol. The highest BCUT2D eigenvalue weighted by molar-refractivity contribution is 5.93. The maximum atomic E-state index is 15.1. The molecule has 1 amide bonds. The van der Waals surface area contributed by atoms with E-state index in [2.05, 4.69) is 10.2 Å². The number of piperidine rings is 1. The quantitative estimate of drug-likeness (QED) is 0.106. The normalized spacial score (nSPS) is 30.7. The molecule has 0 aromatic heterocycles. The van der Waals surface area contributed by atoms with E-state index in [4.69, 9.17) is 23.7 Å². The third kappa shape index (κ3) is 11.1. The second-order valence-electron chi connectivity index (χ2n) is 19.6. The summed E-state index contributed by atoms with van der Waals surface area (Å²) in [7, 11) is 0. The van der Waals surface area contributed by atoms with E-state index in [0.717, 1.165) is 32.4 Å². The highest BCUT2D eigenvalue weighted by Crippen LogP contribution is 2.56. The summed E-state index contributed by atoms with van der Waals surface area (Å²) in [5.74, 6) is -5.22. The highest BCUT2D eigenvalue weighted by atomic mass is 16.6. The molecule has 2 heterocycles. The number of hydrogen-bond donors (Lipinski definition) is 5. The van der Waals surface area contributed by atoms with Gasteiger partial charge < -0.3 is 54.3 Å². The standard InChI is InChI=1S/C49H66N2O14/c1-29-32(62-44(57)40(64-36(53)22-17-25-51-23-15-10-16-24-51)38(30-18-11-8-12-19-30)50-45(58)65-46(2,3)4)26-33(63-43(56)31-20-13-9-14-21-31)41-48(7,34(52)27-35-49(41,60)28-61-35)42(55)39(54)37(29)47(5,6)59/h8-9,11-14,18-21,32-35,38-41,52,54,59-60H,10,15-17,22-28H2,1-7H3,(H,50,58)/b37-29-/t32-,33+,34-,35+,38-,39+,40+,41?,48+,49-/m0/s1. The van der Waals surface area contributed by atoms with Gasteiger partial charge in [-0.15, -0.1) is 0 Å². The summed E-state index contributed by atoms with van der Waals surface area (Å²) in [4.78, 5) is 73.6. The summed E-state index contributed by atoms with van der Waals surface area (Å²) in [6.07, 6.45) is -7.61. The number of nitrogens with one attached hydrogen (secondary N) is 1. The minimum absolute atomic E-state index is 0.0134. The van der Waals surface area contributed by atoms with Gasteiger partial charge in [0.1, 0.15) is 35.6 Å². The molecule has 2 aromatic carbocycles. The number of Topliss-reactive ketones (excluding diaryl/α,β-unsaturated/α-hetero) is 1. The van der Waals surface area contributed by atoms with Crippen LogP contribution in [0.2, 0.25) is 0 Å². The van der Waals surface area contributed by atoms with Gasteiger partial charge in [0.05, 0.1) is 35.4 Å². The number of benzene rings is 2. The second kappa shape index (κ2) is 20.0. The van der Waals surface area contributed by atoms with Crippen LogP contribution in [0, 0.1) is 11.3 Å². The fourth-order valence-electron chi connectivity index (χ4n) is 10.0. The Morgan fingerprint density at radius 2 is 1.55 bits per heavy atom. The third-order valence-electron chi connectivity index (χ3n) is 13.3. The minimum Gasteiger partial charge on any atom is -0.458 e. The lowest BCUT2D eigenvalue weighted by molar-refractivity contribution is -0.326. The van der Waals surface area contributed by atoms with Gasteiger partial charge in [-0.05, 0) is 116 Å². The van der Waals surface area contributed by atoms with Crippen LogP contribution in [0.15, 0.2) is 71.8 Å². The van der Waals surface area contributed by atoms with Gasteiger partial charge in [0.15, 0.2) is 5.78 Å². The number of fused-ring (bicyclic) bond motifs is 3. The number of likely N-dealkylation sites (tertiary alicyclic amines) is 1. The highest BCUT2D eigenvalue weighted by Gasteiger charge is 2.71. The van der Waals surface area contributed by atoms with Crippen molar-refractivity contribution in [3.8, 4) is 0 Å². The molecule has 0 radical (unpaired) electrons. The van der Waals surface area contributed by atoms with Crippen molar-refractivity contribution in [3.05, 3.63) is 82.9 Å². The Morgan fingerprint density at radius 3 is 2.14 bits per heavy atom. The Morgan fingerprint density at radius 1 is 0.923 bits per heavy atom. The first kappa shape index (κ1) is 49.7. The number of carbonyl (C=O) groups is 5. The first-order chi connectivity index (χ1) is 30.5. The van der Waals surface area contributed by atoms with Crippen LogP contribution in [0.3, 0.4) is 0 Å². The summed E-state index contributed by atoms with van der Waals surface area (Å²) in [6, 6.07) is 14.9. The molecule has 5 N–H and O–H groups in total.